The quantitative estimate of drug-likeness (QED) is 0.727. The van der Waals surface area contributed by atoms with E-state index in [0.29, 0.717) is 0 Å². The van der Waals surface area contributed by atoms with Crippen LogP contribution in [0.4, 0.5) is 4.39 Å². The summed E-state index contributed by atoms with van der Waals surface area (Å²) in [5.41, 5.74) is 0. The van der Waals surface area contributed by atoms with Crippen molar-refractivity contribution in [3.05, 3.63) is 30.1 Å². The van der Waals surface area contributed by atoms with Crippen LogP contribution in [0.2, 0.25) is 0 Å². The molecular formula is C14H16FN3O4S. The Morgan fingerprint density at radius 3 is 2.57 bits per heavy atom. The zero-order valence-electron chi connectivity index (χ0n) is 12.5. The normalized spacial score (nSPS) is 23.1. The second kappa shape index (κ2) is 5.57. The number of carbonyl (C=O) groups is 2. The summed E-state index contributed by atoms with van der Waals surface area (Å²) < 4.78 is 40.1. The highest BCUT2D eigenvalue weighted by atomic mass is 32.2. The molecule has 2 heterocycles. The second-order valence-electron chi connectivity index (χ2n) is 5.59. The van der Waals surface area contributed by atoms with E-state index in [9.17, 15) is 22.4 Å². The molecular weight excluding hydrogens is 325 g/mol. The van der Waals surface area contributed by atoms with Crippen molar-refractivity contribution in [2.45, 2.75) is 10.9 Å². The van der Waals surface area contributed by atoms with Crippen LogP contribution in [0.1, 0.15) is 0 Å². The summed E-state index contributed by atoms with van der Waals surface area (Å²) in [5.74, 6) is -1.35. The van der Waals surface area contributed by atoms with Gasteiger partial charge in [-0.2, -0.15) is 4.31 Å². The Labute approximate surface area is 133 Å². The molecule has 0 aliphatic carbocycles. The molecule has 2 saturated heterocycles. The summed E-state index contributed by atoms with van der Waals surface area (Å²) in [4.78, 5) is 26.4. The maximum Gasteiger partial charge on any atom is 0.246 e. The number of amides is 2. The van der Waals surface area contributed by atoms with Gasteiger partial charge < -0.3 is 9.80 Å². The molecule has 3 rings (SSSR count). The van der Waals surface area contributed by atoms with Gasteiger partial charge in [-0.05, 0) is 12.1 Å². The van der Waals surface area contributed by atoms with Gasteiger partial charge in [0.05, 0.1) is 6.54 Å². The Balaban J connectivity index is 1.90. The van der Waals surface area contributed by atoms with Gasteiger partial charge >= 0.3 is 0 Å². The molecule has 2 aliphatic heterocycles. The van der Waals surface area contributed by atoms with Gasteiger partial charge in [0.1, 0.15) is 16.8 Å². The zero-order chi connectivity index (χ0) is 16.8. The van der Waals surface area contributed by atoms with E-state index in [4.69, 9.17) is 0 Å². The minimum absolute atomic E-state index is 0.00457. The average Bonchev–Trinajstić information content (AvgIpc) is 2.52. The van der Waals surface area contributed by atoms with Crippen LogP contribution in [-0.4, -0.2) is 73.6 Å². The van der Waals surface area contributed by atoms with Crippen LogP contribution in [0.15, 0.2) is 29.2 Å². The Morgan fingerprint density at radius 2 is 1.87 bits per heavy atom. The van der Waals surface area contributed by atoms with E-state index >= 15 is 0 Å². The van der Waals surface area contributed by atoms with Crippen LogP contribution < -0.4 is 0 Å². The number of rotatable bonds is 2. The highest BCUT2D eigenvalue weighted by Gasteiger charge is 2.44. The predicted octanol–water partition coefficient (Wildman–Crippen LogP) is -0.501. The molecule has 0 saturated carbocycles. The van der Waals surface area contributed by atoms with Gasteiger partial charge in [0.2, 0.25) is 21.8 Å². The zero-order valence-corrected chi connectivity index (χ0v) is 13.3. The van der Waals surface area contributed by atoms with Gasteiger partial charge in [0.15, 0.2) is 0 Å². The predicted molar refractivity (Wildman–Crippen MR) is 78.3 cm³/mol. The number of fused-ring (bicyclic) bond motifs is 1. The first-order valence-electron chi connectivity index (χ1n) is 7.11. The number of hydrogen-bond acceptors (Lipinski definition) is 4. The summed E-state index contributed by atoms with van der Waals surface area (Å²) in [5, 5.41) is 0. The smallest absolute Gasteiger partial charge is 0.246 e. The number of sulfonamides is 1. The van der Waals surface area contributed by atoms with E-state index in [2.05, 4.69) is 0 Å². The molecule has 1 atom stereocenters. The van der Waals surface area contributed by atoms with Gasteiger partial charge in [-0.1, -0.05) is 12.1 Å². The van der Waals surface area contributed by atoms with Gasteiger partial charge in [-0.3, -0.25) is 9.59 Å². The molecule has 0 bridgehead atoms. The van der Waals surface area contributed by atoms with Crippen molar-refractivity contribution in [3.63, 3.8) is 0 Å². The van der Waals surface area contributed by atoms with Crippen LogP contribution >= 0.6 is 0 Å². The standard InChI is InChI=1S/C14H16FN3O4S/c1-16-9-13(19)18-7-6-17(8-11(18)14(16)20)23(21,22)12-5-3-2-4-10(12)15/h2-5,11H,6-9H2,1H3/t11-/m1/s1. The molecule has 7 nitrogen and oxygen atoms in total. The van der Waals surface area contributed by atoms with Crippen LogP contribution in [0.5, 0.6) is 0 Å². The van der Waals surface area contributed by atoms with E-state index in [1.54, 1.807) is 0 Å². The van der Waals surface area contributed by atoms with Crippen LogP contribution in [0.25, 0.3) is 0 Å². The number of hydrogen-bond donors (Lipinski definition) is 0. The molecule has 124 valence electrons. The molecule has 0 radical (unpaired) electrons. The van der Waals surface area contributed by atoms with Crippen molar-refractivity contribution in [2.24, 2.45) is 0 Å². The number of benzene rings is 1. The van der Waals surface area contributed by atoms with Crippen molar-refractivity contribution in [2.75, 3.05) is 33.2 Å². The third-order valence-electron chi connectivity index (χ3n) is 4.15. The lowest BCUT2D eigenvalue weighted by Gasteiger charge is -2.44. The van der Waals surface area contributed by atoms with E-state index in [1.807, 2.05) is 0 Å². The molecule has 2 aliphatic rings. The molecule has 1 aromatic carbocycles. The first-order chi connectivity index (χ1) is 10.8. The molecule has 0 spiro atoms. The average molecular weight is 341 g/mol. The molecule has 2 fully saturated rings. The van der Waals surface area contributed by atoms with Crippen LogP contribution in [0.3, 0.4) is 0 Å². The first kappa shape index (κ1) is 15.9. The summed E-state index contributed by atoms with van der Waals surface area (Å²) in [6.07, 6.45) is 0. The van der Waals surface area contributed by atoms with E-state index in [1.165, 1.54) is 35.0 Å². The Hall–Kier alpha value is -2.00. The fraction of sp³-hybridized carbons (Fsp3) is 0.429. The number of piperazine rings is 2. The fourth-order valence-electron chi connectivity index (χ4n) is 2.91. The Kier molecular flexibility index (Phi) is 3.85. The van der Waals surface area contributed by atoms with Crippen molar-refractivity contribution < 1.29 is 22.4 Å². The molecule has 0 N–H and O–H groups in total. The van der Waals surface area contributed by atoms with Crippen LogP contribution in [-0.2, 0) is 19.6 Å². The highest BCUT2D eigenvalue weighted by molar-refractivity contribution is 7.89. The summed E-state index contributed by atoms with van der Waals surface area (Å²) >= 11 is 0. The molecule has 23 heavy (non-hydrogen) atoms. The maximum atomic E-state index is 13.8. The summed E-state index contributed by atoms with van der Waals surface area (Å²) in [7, 11) is -2.55. The topological polar surface area (TPSA) is 78.0 Å². The Morgan fingerprint density at radius 1 is 1.17 bits per heavy atom. The van der Waals surface area contributed by atoms with E-state index in [0.717, 1.165) is 10.4 Å². The SMILES string of the molecule is CN1CC(=O)N2CCN(S(=O)(=O)c3ccccc3F)C[C@@H]2C1=O. The van der Waals surface area contributed by atoms with Crippen molar-refractivity contribution in [3.8, 4) is 0 Å². The number of nitrogens with zero attached hydrogens (tertiary/aromatic N) is 3. The number of likely N-dealkylation sites (N-methyl/N-ethyl adjacent to an activating group) is 1. The monoisotopic (exact) mass is 341 g/mol. The van der Waals surface area contributed by atoms with Gasteiger partial charge in [0, 0.05) is 26.7 Å². The largest absolute Gasteiger partial charge is 0.335 e. The lowest BCUT2D eigenvalue weighted by atomic mass is 10.1. The van der Waals surface area contributed by atoms with E-state index in [-0.39, 0.29) is 38.0 Å². The Bertz CT molecular complexity index is 767. The lowest BCUT2D eigenvalue weighted by Crippen LogP contribution is -2.66. The number of carbonyl (C=O) groups excluding carboxylic acids is 2. The second-order valence-corrected chi connectivity index (χ2v) is 7.50. The minimum Gasteiger partial charge on any atom is -0.335 e. The van der Waals surface area contributed by atoms with Gasteiger partial charge in [0.25, 0.3) is 0 Å². The molecule has 9 heteroatoms. The molecule has 1 aromatic rings. The van der Waals surface area contributed by atoms with E-state index < -0.39 is 26.8 Å². The van der Waals surface area contributed by atoms with Gasteiger partial charge in [-0.25, -0.2) is 12.8 Å². The molecule has 2 amide bonds. The van der Waals surface area contributed by atoms with Gasteiger partial charge in [-0.15, -0.1) is 0 Å². The third kappa shape index (κ3) is 2.59. The fourth-order valence-corrected chi connectivity index (χ4v) is 4.41. The third-order valence-corrected chi connectivity index (χ3v) is 6.05. The summed E-state index contributed by atoms with van der Waals surface area (Å²) in [6, 6.07) is 4.26. The summed E-state index contributed by atoms with van der Waals surface area (Å²) in [6.45, 7) is -0.00631. The van der Waals surface area contributed by atoms with Crippen LogP contribution in [0, 0.1) is 5.82 Å². The molecule has 0 aromatic heterocycles. The minimum atomic E-state index is -4.05. The van der Waals surface area contributed by atoms with Crippen molar-refractivity contribution in [1.82, 2.24) is 14.1 Å². The molecule has 0 unspecified atom stereocenters. The van der Waals surface area contributed by atoms with Crippen molar-refractivity contribution >= 4 is 21.8 Å². The highest BCUT2D eigenvalue weighted by Crippen LogP contribution is 2.24. The first-order valence-corrected chi connectivity index (χ1v) is 8.55. The maximum absolute atomic E-state index is 13.8. The lowest BCUT2D eigenvalue weighted by molar-refractivity contribution is -0.156. The van der Waals surface area contributed by atoms with Crippen molar-refractivity contribution in [1.29, 1.82) is 0 Å². The number of halogens is 1.